The molecule has 0 rings (SSSR count). The van der Waals surface area contributed by atoms with Crippen molar-refractivity contribution in [3.63, 3.8) is 0 Å². The third kappa shape index (κ3) is 4.27. The molecule has 1 nitrogen and oxygen atoms in total. The molecule has 0 amide bonds. The molecule has 0 N–H and O–H groups in total. The quantitative estimate of drug-likeness (QED) is 0.647. The van der Waals surface area contributed by atoms with E-state index in [2.05, 4.69) is 16.1 Å². The molecule has 0 aliphatic carbocycles. The van der Waals surface area contributed by atoms with Gasteiger partial charge in [-0.25, -0.2) is 0 Å². The number of aliphatic imine (C=N–C) groups is 1. The molecule has 0 atom stereocenters. The number of hydrogen-bond donors (Lipinski definition) is 0. The van der Waals surface area contributed by atoms with Crippen LogP contribution in [0.4, 0.5) is 0 Å². The SMILES string of the molecule is CCCN=[C]=[W]. The molecule has 0 unspecified atom stereocenters. The van der Waals surface area contributed by atoms with E-state index in [9.17, 15) is 0 Å². The van der Waals surface area contributed by atoms with Crippen molar-refractivity contribution in [3.05, 3.63) is 0 Å². The van der Waals surface area contributed by atoms with Crippen LogP contribution in [-0.2, 0) is 19.4 Å². The third-order valence-electron chi connectivity index (χ3n) is 0.400. The van der Waals surface area contributed by atoms with Crippen LogP contribution in [0.5, 0.6) is 0 Å². The third-order valence-corrected chi connectivity index (χ3v) is 0.864. The van der Waals surface area contributed by atoms with Crippen molar-refractivity contribution >= 4 is 4.19 Å². The first-order chi connectivity index (χ1) is 2.91. The Kier molecular flexibility index (Phi) is 5.50. The van der Waals surface area contributed by atoms with Crippen molar-refractivity contribution in [2.75, 3.05) is 6.54 Å². The molecule has 6 heavy (non-hydrogen) atoms. The van der Waals surface area contributed by atoms with Gasteiger partial charge in [0.1, 0.15) is 0 Å². The molecule has 0 saturated carbocycles. The molecule has 0 bridgehead atoms. The molecular weight excluding hydrogens is 246 g/mol. The summed E-state index contributed by atoms with van der Waals surface area (Å²) in [7, 11) is 0. The molecule has 0 aromatic heterocycles. The normalized spacial score (nSPS) is 6.83. The molecule has 0 saturated heterocycles. The molecule has 2 heteroatoms. The zero-order valence-electron chi connectivity index (χ0n) is 3.77. The van der Waals surface area contributed by atoms with Gasteiger partial charge in [0.15, 0.2) is 0 Å². The van der Waals surface area contributed by atoms with Crippen LogP contribution in [0.3, 0.4) is 0 Å². The molecular formula is C4H7NW. The Balaban J connectivity index is 2.86. The molecule has 0 aliphatic heterocycles. The summed E-state index contributed by atoms with van der Waals surface area (Å²) in [6.45, 7) is 3.06. The average molecular weight is 253 g/mol. The average Bonchev–Trinajstić information content (AvgIpc) is 1.61. The van der Waals surface area contributed by atoms with Crippen LogP contribution in [0.25, 0.3) is 0 Å². The van der Waals surface area contributed by atoms with Gasteiger partial charge in [0.05, 0.1) is 0 Å². The van der Waals surface area contributed by atoms with Crippen molar-refractivity contribution in [3.8, 4) is 0 Å². The minimum atomic E-state index is 0.948. The van der Waals surface area contributed by atoms with Crippen LogP contribution < -0.4 is 0 Å². The van der Waals surface area contributed by atoms with Crippen LogP contribution in [0.1, 0.15) is 13.3 Å². The fourth-order valence-corrected chi connectivity index (χ4v) is 0.485. The van der Waals surface area contributed by atoms with E-state index in [-0.39, 0.29) is 0 Å². The summed E-state index contributed by atoms with van der Waals surface area (Å²) in [4.78, 5) is 3.88. The predicted molar refractivity (Wildman–Crippen MR) is 22.6 cm³/mol. The zero-order valence-corrected chi connectivity index (χ0v) is 6.70. The summed E-state index contributed by atoms with van der Waals surface area (Å²) in [6, 6.07) is 0. The minimum absolute atomic E-state index is 0.948. The van der Waals surface area contributed by atoms with E-state index in [1.807, 2.05) is 0 Å². The Morgan fingerprint density at radius 1 is 1.83 bits per heavy atom. The number of nitrogens with zero attached hydrogens (tertiary/aromatic N) is 1. The Bertz CT molecular complexity index is 63.9. The van der Waals surface area contributed by atoms with Crippen molar-refractivity contribution in [1.82, 2.24) is 0 Å². The summed E-state index contributed by atoms with van der Waals surface area (Å²) in [5.74, 6) is 0. The first-order valence-electron chi connectivity index (χ1n) is 1.95. The predicted octanol–water partition coefficient (Wildman–Crippen LogP) is 0.849. The number of hydrogen-bond acceptors (Lipinski definition) is 1. The molecule has 0 heterocycles. The zero-order chi connectivity index (χ0) is 4.83. The standard InChI is InChI=1S/C4H7N.W/c1-3-4-5-2;/h3-4H2,1H3;. The maximum absolute atomic E-state index is 3.88. The first-order valence-corrected chi connectivity index (χ1v) is 3.42. The fourth-order valence-electron chi connectivity index (χ4n) is 0.157. The van der Waals surface area contributed by atoms with Gasteiger partial charge >= 0.3 is 48.4 Å². The van der Waals surface area contributed by atoms with Crippen molar-refractivity contribution < 1.29 is 19.4 Å². The van der Waals surface area contributed by atoms with Crippen LogP contribution >= 0.6 is 0 Å². The van der Waals surface area contributed by atoms with Gasteiger partial charge in [0, 0.05) is 0 Å². The van der Waals surface area contributed by atoms with Crippen LogP contribution in [0.15, 0.2) is 4.99 Å². The Hall–Kier alpha value is 0.268. The summed E-state index contributed by atoms with van der Waals surface area (Å²) >= 11 is 1.32. The van der Waals surface area contributed by atoms with E-state index in [1.54, 1.807) is 0 Å². The Morgan fingerprint density at radius 3 is 2.67 bits per heavy atom. The molecule has 34 valence electrons. The maximum atomic E-state index is 3.88. The second-order valence-corrected chi connectivity index (χ2v) is 1.63. The van der Waals surface area contributed by atoms with Crippen molar-refractivity contribution in [1.29, 1.82) is 0 Å². The van der Waals surface area contributed by atoms with Gasteiger partial charge in [-0.15, -0.1) is 0 Å². The van der Waals surface area contributed by atoms with Gasteiger partial charge in [-0.1, -0.05) is 0 Å². The van der Waals surface area contributed by atoms with Crippen molar-refractivity contribution in [2.45, 2.75) is 13.3 Å². The molecule has 0 fully saturated rings. The van der Waals surface area contributed by atoms with Gasteiger partial charge < -0.3 is 0 Å². The van der Waals surface area contributed by atoms with Gasteiger partial charge in [-0.3, -0.25) is 0 Å². The molecule has 0 aliphatic rings. The summed E-state index contributed by atoms with van der Waals surface area (Å²) in [5.41, 5.74) is 0. The Morgan fingerprint density at radius 2 is 2.50 bits per heavy atom. The van der Waals surface area contributed by atoms with E-state index in [0.29, 0.717) is 0 Å². The van der Waals surface area contributed by atoms with Crippen molar-refractivity contribution in [2.24, 2.45) is 4.99 Å². The summed E-state index contributed by atoms with van der Waals surface area (Å²) in [5, 5.41) is 0. The van der Waals surface area contributed by atoms with E-state index >= 15 is 0 Å². The van der Waals surface area contributed by atoms with E-state index in [0.717, 1.165) is 13.0 Å². The van der Waals surface area contributed by atoms with Gasteiger partial charge in [-0.2, -0.15) is 0 Å². The van der Waals surface area contributed by atoms with Crippen LogP contribution in [0, 0.1) is 0 Å². The summed E-state index contributed by atoms with van der Waals surface area (Å²) < 4.78 is 2.78. The first kappa shape index (κ1) is 6.27. The number of rotatable bonds is 2. The van der Waals surface area contributed by atoms with Gasteiger partial charge in [0.25, 0.3) is 0 Å². The second-order valence-electron chi connectivity index (χ2n) is 0.973. The summed E-state index contributed by atoms with van der Waals surface area (Å²) in [6.07, 6.45) is 1.14. The van der Waals surface area contributed by atoms with E-state index < -0.39 is 0 Å². The Labute approximate surface area is 48.9 Å². The molecule has 0 aromatic rings. The van der Waals surface area contributed by atoms with Crippen LogP contribution in [-0.4, -0.2) is 10.7 Å². The topological polar surface area (TPSA) is 12.4 Å². The van der Waals surface area contributed by atoms with Crippen LogP contribution in [0.2, 0.25) is 0 Å². The second kappa shape index (κ2) is 5.27. The van der Waals surface area contributed by atoms with Gasteiger partial charge in [-0.05, 0) is 0 Å². The molecule has 0 radical (unpaired) electrons. The van der Waals surface area contributed by atoms with E-state index in [4.69, 9.17) is 0 Å². The van der Waals surface area contributed by atoms with Gasteiger partial charge in [0.2, 0.25) is 0 Å². The molecule has 0 spiro atoms. The molecule has 0 aromatic carbocycles. The van der Waals surface area contributed by atoms with E-state index in [1.165, 1.54) is 19.4 Å². The monoisotopic (exact) mass is 253 g/mol. The fraction of sp³-hybridized carbons (Fsp3) is 0.750.